The minimum absolute atomic E-state index is 0.00463. The van der Waals surface area contributed by atoms with Gasteiger partial charge < -0.3 is 20.1 Å². The van der Waals surface area contributed by atoms with Crippen molar-refractivity contribution in [3.05, 3.63) is 71.3 Å². The maximum absolute atomic E-state index is 12.5. The molecule has 1 aliphatic heterocycles. The van der Waals surface area contributed by atoms with Crippen molar-refractivity contribution in [3.8, 4) is 11.1 Å². The smallest absolute Gasteiger partial charge is 0.407 e. The van der Waals surface area contributed by atoms with Gasteiger partial charge in [0.1, 0.15) is 6.61 Å². The first-order valence-electron chi connectivity index (χ1n) is 11.2. The summed E-state index contributed by atoms with van der Waals surface area (Å²) in [5, 5.41) is 11.8. The normalized spacial score (nSPS) is 15.8. The fourth-order valence-corrected chi connectivity index (χ4v) is 4.50. The zero-order valence-electron chi connectivity index (χ0n) is 18.6. The molecule has 0 saturated heterocycles. The molecule has 2 aliphatic rings. The Morgan fingerprint density at radius 1 is 1.09 bits per heavy atom. The third-order valence-corrected chi connectivity index (χ3v) is 6.30. The van der Waals surface area contributed by atoms with E-state index in [1.165, 1.54) is 11.1 Å². The van der Waals surface area contributed by atoms with Gasteiger partial charge >= 0.3 is 12.1 Å². The Balaban J connectivity index is 1.24. The molecule has 0 spiro atoms. The molecule has 0 fully saturated rings. The van der Waals surface area contributed by atoms with Crippen LogP contribution in [0.2, 0.25) is 0 Å². The first-order valence-corrected chi connectivity index (χ1v) is 11.2. The highest BCUT2D eigenvalue weighted by Crippen LogP contribution is 2.44. The van der Waals surface area contributed by atoms with Gasteiger partial charge in [-0.05, 0) is 34.6 Å². The monoisotopic (exact) mass is 448 g/mol. The third-order valence-electron chi connectivity index (χ3n) is 6.30. The summed E-state index contributed by atoms with van der Waals surface area (Å²) in [5.41, 5.74) is 5.03. The number of nitrogens with one attached hydrogen (secondary N) is 1. The highest BCUT2D eigenvalue weighted by molar-refractivity contribution is 5.87. The zero-order chi connectivity index (χ0) is 23.4. The third kappa shape index (κ3) is 5.08. The van der Waals surface area contributed by atoms with E-state index in [-0.39, 0.29) is 30.8 Å². The van der Waals surface area contributed by atoms with E-state index in [1.54, 1.807) is 11.0 Å². The average molecular weight is 449 g/mol. The number of amides is 2. The van der Waals surface area contributed by atoms with Gasteiger partial charge in [-0.3, -0.25) is 4.79 Å². The van der Waals surface area contributed by atoms with E-state index in [9.17, 15) is 14.4 Å². The lowest BCUT2D eigenvalue weighted by Gasteiger charge is -2.26. The van der Waals surface area contributed by atoms with Gasteiger partial charge in [-0.15, -0.1) is 0 Å². The standard InChI is InChI=1S/C26H28N2O5/c1-17(14-24(29)28-12-10-18(11-13-28)25(30)31)15-27-26(32)33-16-23-21-8-4-2-6-19(21)20-7-3-5-9-22(20)23/h2-10,17,23H,11-16H2,1H3,(H,27,32)(H,30,31). The van der Waals surface area contributed by atoms with Crippen LogP contribution in [0.25, 0.3) is 11.1 Å². The van der Waals surface area contributed by atoms with Crippen LogP contribution in [0.1, 0.15) is 36.8 Å². The second-order valence-electron chi connectivity index (χ2n) is 8.64. The van der Waals surface area contributed by atoms with Gasteiger partial charge in [0.05, 0.1) is 0 Å². The predicted molar refractivity (Wildman–Crippen MR) is 124 cm³/mol. The number of carboxylic acid groups (broad SMARTS) is 1. The highest BCUT2D eigenvalue weighted by Gasteiger charge is 2.29. The molecule has 7 nitrogen and oxygen atoms in total. The second kappa shape index (κ2) is 9.90. The summed E-state index contributed by atoms with van der Waals surface area (Å²) in [4.78, 5) is 37.4. The number of carboxylic acids is 1. The maximum atomic E-state index is 12.5. The Labute approximate surface area is 193 Å². The van der Waals surface area contributed by atoms with Gasteiger partial charge in [0.2, 0.25) is 5.91 Å². The van der Waals surface area contributed by atoms with Gasteiger partial charge in [-0.2, -0.15) is 0 Å². The number of rotatable bonds is 7. The molecule has 4 rings (SSSR count). The van der Waals surface area contributed by atoms with Crippen molar-refractivity contribution >= 4 is 18.0 Å². The molecule has 1 heterocycles. The van der Waals surface area contributed by atoms with Crippen molar-refractivity contribution in [1.29, 1.82) is 0 Å². The van der Waals surface area contributed by atoms with Crippen molar-refractivity contribution in [1.82, 2.24) is 10.2 Å². The number of carbonyl (C=O) groups is 3. The van der Waals surface area contributed by atoms with Crippen molar-refractivity contribution in [2.75, 3.05) is 26.2 Å². The van der Waals surface area contributed by atoms with Crippen LogP contribution >= 0.6 is 0 Å². The van der Waals surface area contributed by atoms with Crippen LogP contribution in [-0.4, -0.2) is 54.2 Å². The molecule has 1 atom stereocenters. The summed E-state index contributed by atoms with van der Waals surface area (Å²) in [7, 11) is 0. The number of hydrogen-bond acceptors (Lipinski definition) is 4. The van der Waals surface area contributed by atoms with E-state index in [4.69, 9.17) is 9.84 Å². The topological polar surface area (TPSA) is 95.9 Å². The van der Waals surface area contributed by atoms with Crippen LogP contribution in [-0.2, 0) is 14.3 Å². The molecule has 172 valence electrons. The molecule has 2 amide bonds. The Kier molecular flexibility index (Phi) is 6.77. The summed E-state index contributed by atoms with van der Waals surface area (Å²) in [6.07, 6.45) is 1.72. The van der Waals surface area contributed by atoms with Crippen LogP contribution in [0.15, 0.2) is 60.2 Å². The first-order chi connectivity index (χ1) is 15.9. The maximum Gasteiger partial charge on any atom is 0.407 e. The molecule has 2 aromatic rings. The second-order valence-corrected chi connectivity index (χ2v) is 8.64. The van der Waals surface area contributed by atoms with E-state index in [2.05, 4.69) is 29.6 Å². The van der Waals surface area contributed by atoms with Crippen molar-refractivity contribution < 1.29 is 24.2 Å². The number of carbonyl (C=O) groups excluding carboxylic acids is 2. The highest BCUT2D eigenvalue weighted by atomic mass is 16.5. The quantitative estimate of drug-likeness (QED) is 0.672. The van der Waals surface area contributed by atoms with Crippen LogP contribution in [0.3, 0.4) is 0 Å². The largest absolute Gasteiger partial charge is 0.478 e. The molecule has 33 heavy (non-hydrogen) atoms. The molecule has 2 N–H and O–H groups in total. The minimum atomic E-state index is -0.928. The molecular weight excluding hydrogens is 420 g/mol. The predicted octanol–water partition coefficient (Wildman–Crippen LogP) is 3.79. The number of nitrogens with zero attached hydrogens (tertiary/aromatic N) is 1. The van der Waals surface area contributed by atoms with Crippen molar-refractivity contribution in [2.45, 2.75) is 25.7 Å². The molecule has 7 heteroatoms. The number of benzene rings is 2. The average Bonchev–Trinajstić information content (AvgIpc) is 3.15. The van der Waals surface area contributed by atoms with Crippen molar-refractivity contribution in [2.24, 2.45) is 5.92 Å². The molecule has 0 bridgehead atoms. The van der Waals surface area contributed by atoms with Gasteiger partial charge in [-0.1, -0.05) is 61.5 Å². The Morgan fingerprint density at radius 3 is 2.30 bits per heavy atom. The summed E-state index contributed by atoms with van der Waals surface area (Å²) in [6.45, 7) is 3.19. The fourth-order valence-electron chi connectivity index (χ4n) is 4.50. The van der Waals surface area contributed by atoms with Crippen LogP contribution < -0.4 is 5.32 Å². The Morgan fingerprint density at radius 2 is 1.73 bits per heavy atom. The summed E-state index contributed by atoms with van der Waals surface area (Å²) >= 11 is 0. The first kappa shape index (κ1) is 22.6. The van der Waals surface area contributed by atoms with E-state index < -0.39 is 12.1 Å². The summed E-state index contributed by atoms with van der Waals surface area (Å²) < 4.78 is 5.54. The molecular formula is C26H28N2O5. The van der Waals surface area contributed by atoms with Gasteiger partial charge in [0.25, 0.3) is 0 Å². The van der Waals surface area contributed by atoms with E-state index >= 15 is 0 Å². The van der Waals surface area contributed by atoms with Gasteiger partial charge in [-0.25, -0.2) is 9.59 Å². The lowest BCUT2D eigenvalue weighted by Crippen LogP contribution is -2.38. The van der Waals surface area contributed by atoms with Crippen LogP contribution in [0.4, 0.5) is 4.79 Å². The Bertz CT molecular complexity index is 1050. The number of ether oxygens (including phenoxy) is 1. The van der Waals surface area contributed by atoms with E-state index in [0.717, 1.165) is 11.1 Å². The lowest BCUT2D eigenvalue weighted by atomic mass is 9.98. The molecule has 0 saturated carbocycles. The molecule has 1 unspecified atom stereocenters. The number of aliphatic carboxylic acids is 1. The number of hydrogen-bond donors (Lipinski definition) is 2. The van der Waals surface area contributed by atoms with Gasteiger partial charge in [0.15, 0.2) is 0 Å². The SMILES string of the molecule is CC(CNC(=O)OCC1c2ccccc2-c2ccccc21)CC(=O)N1CC=C(C(=O)O)CC1. The number of fused-ring (bicyclic) bond motifs is 3. The summed E-state index contributed by atoms with van der Waals surface area (Å²) in [5.74, 6) is -1.03. The van der Waals surface area contributed by atoms with E-state index in [1.807, 2.05) is 31.2 Å². The lowest BCUT2D eigenvalue weighted by molar-refractivity contribution is -0.135. The minimum Gasteiger partial charge on any atom is -0.478 e. The summed E-state index contributed by atoms with van der Waals surface area (Å²) in [6, 6.07) is 16.3. The molecule has 2 aromatic carbocycles. The molecule has 0 aromatic heterocycles. The van der Waals surface area contributed by atoms with Crippen LogP contribution in [0.5, 0.6) is 0 Å². The van der Waals surface area contributed by atoms with E-state index in [0.29, 0.717) is 31.6 Å². The van der Waals surface area contributed by atoms with Crippen molar-refractivity contribution in [3.63, 3.8) is 0 Å². The molecule has 1 aliphatic carbocycles. The van der Waals surface area contributed by atoms with Crippen LogP contribution in [0, 0.1) is 5.92 Å². The van der Waals surface area contributed by atoms with Gasteiger partial charge in [0, 0.05) is 37.5 Å². The zero-order valence-corrected chi connectivity index (χ0v) is 18.6. The fraction of sp³-hybridized carbons (Fsp3) is 0.346. The number of alkyl carbamates (subject to hydrolysis) is 1. The Hall–Kier alpha value is -3.61. The molecule has 0 radical (unpaired) electrons.